The van der Waals surface area contributed by atoms with Gasteiger partial charge in [0, 0.05) is 17.4 Å². The van der Waals surface area contributed by atoms with Crippen molar-refractivity contribution in [3.8, 4) is 5.75 Å². The zero-order valence-corrected chi connectivity index (χ0v) is 13.2. The Hall–Kier alpha value is -0.730. The number of rotatable bonds is 3. The second-order valence-corrected chi connectivity index (χ2v) is 7.07. The first-order chi connectivity index (χ1) is 9.59. The monoisotopic (exact) mass is 293 g/mol. The van der Waals surface area contributed by atoms with E-state index in [1.165, 1.54) is 37.7 Å². The molecule has 1 heterocycles. The van der Waals surface area contributed by atoms with Crippen molar-refractivity contribution < 1.29 is 4.74 Å². The maximum absolute atomic E-state index is 6.46. The van der Waals surface area contributed by atoms with E-state index < -0.39 is 0 Å². The molecule has 1 aromatic carbocycles. The number of ether oxygens (including phenoxy) is 1. The maximum atomic E-state index is 6.46. The van der Waals surface area contributed by atoms with Crippen LogP contribution >= 0.6 is 11.6 Å². The zero-order chi connectivity index (χ0) is 14.2. The van der Waals surface area contributed by atoms with Crippen molar-refractivity contribution in [2.75, 3.05) is 20.6 Å². The molecule has 0 amide bonds. The van der Waals surface area contributed by atoms with E-state index in [1.54, 1.807) is 0 Å². The van der Waals surface area contributed by atoms with E-state index in [0.29, 0.717) is 5.92 Å². The summed E-state index contributed by atoms with van der Waals surface area (Å²) in [6.07, 6.45) is 7.41. The predicted octanol–water partition coefficient (Wildman–Crippen LogP) is 4.16. The molecule has 2 nitrogen and oxygen atoms in total. The number of halogens is 1. The first-order valence-corrected chi connectivity index (χ1v) is 8.09. The first-order valence-electron chi connectivity index (χ1n) is 7.71. The Morgan fingerprint density at radius 2 is 2.20 bits per heavy atom. The maximum Gasteiger partial charge on any atom is 0.123 e. The number of benzene rings is 1. The van der Waals surface area contributed by atoms with Gasteiger partial charge in [0.1, 0.15) is 11.4 Å². The molecule has 0 saturated heterocycles. The minimum Gasteiger partial charge on any atom is -0.486 e. The van der Waals surface area contributed by atoms with Crippen LogP contribution in [0.1, 0.15) is 37.7 Å². The number of fused-ring (bicyclic) bond motifs is 1. The van der Waals surface area contributed by atoms with Crippen LogP contribution in [0, 0.1) is 5.92 Å². The summed E-state index contributed by atoms with van der Waals surface area (Å²) in [6, 6.07) is 6.07. The Morgan fingerprint density at radius 1 is 1.35 bits per heavy atom. The third-order valence-corrected chi connectivity index (χ3v) is 5.13. The molecule has 0 N–H and O–H groups in total. The molecule has 110 valence electrons. The summed E-state index contributed by atoms with van der Waals surface area (Å²) < 4.78 is 6.46. The molecule has 1 spiro atoms. The van der Waals surface area contributed by atoms with Crippen molar-refractivity contribution in [1.29, 1.82) is 0 Å². The van der Waals surface area contributed by atoms with Gasteiger partial charge in [-0.2, -0.15) is 0 Å². The van der Waals surface area contributed by atoms with Gasteiger partial charge >= 0.3 is 0 Å². The van der Waals surface area contributed by atoms with E-state index in [9.17, 15) is 0 Å². The summed E-state index contributed by atoms with van der Waals surface area (Å²) in [5.74, 6) is 1.73. The molecule has 3 heteroatoms. The molecule has 3 rings (SSSR count). The van der Waals surface area contributed by atoms with Crippen LogP contribution in [0.5, 0.6) is 5.75 Å². The summed E-state index contributed by atoms with van der Waals surface area (Å²) in [7, 11) is 4.30. The Morgan fingerprint density at radius 3 is 3.00 bits per heavy atom. The highest BCUT2D eigenvalue weighted by Crippen LogP contribution is 2.48. The zero-order valence-electron chi connectivity index (χ0n) is 12.5. The van der Waals surface area contributed by atoms with Gasteiger partial charge in [0.2, 0.25) is 0 Å². The molecule has 20 heavy (non-hydrogen) atoms. The second-order valence-electron chi connectivity index (χ2n) is 6.63. The molecule has 0 unspecified atom stereocenters. The van der Waals surface area contributed by atoms with Gasteiger partial charge in [-0.3, -0.25) is 0 Å². The third-order valence-electron chi connectivity index (χ3n) is 4.90. The largest absolute Gasteiger partial charge is 0.486 e. The van der Waals surface area contributed by atoms with E-state index in [4.69, 9.17) is 16.3 Å². The molecule has 2 atom stereocenters. The highest BCUT2D eigenvalue weighted by atomic mass is 35.5. The number of hydrogen-bond donors (Lipinski definition) is 0. The molecule has 2 aliphatic rings. The quantitative estimate of drug-likeness (QED) is 0.830. The summed E-state index contributed by atoms with van der Waals surface area (Å²) in [5, 5.41) is 0.824. The van der Waals surface area contributed by atoms with E-state index in [-0.39, 0.29) is 5.60 Å². The van der Waals surface area contributed by atoms with E-state index in [2.05, 4.69) is 25.1 Å². The second kappa shape index (κ2) is 5.57. The summed E-state index contributed by atoms with van der Waals surface area (Å²) in [6.45, 7) is 1.15. The Kier molecular flexibility index (Phi) is 3.96. The minimum absolute atomic E-state index is 0.0429. The van der Waals surface area contributed by atoms with Crippen LogP contribution in [0.4, 0.5) is 0 Å². The fraction of sp³-hybridized carbons (Fsp3) is 0.647. The molecule has 1 fully saturated rings. The first kappa shape index (κ1) is 14.2. The van der Waals surface area contributed by atoms with Gasteiger partial charge < -0.3 is 9.64 Å². The van der Waals surface area contributed by atoms with Crippen molar-refractivity contribution in [1.82, 2.24) is 4.90 Å². The van der Waals surface area contributed by atoms with E-state index >= 15 is 0 Å². The molecule has 1 aliphatic carbocycles. The average molecular weight is 294 g/mol. The number of hydrogen-bond acceptors (Lipinski definition) is 2. The Labute approximate surface area is 127 Å². The molecule has 1 aliphatic heterocycles. The summed E-state index contributed by atoms with van der Waals surface area (Å²) in [4.78, 5) is 2.28. The van der Waals surface area contributed by atoms with Crippen molar-refractivity contribution in [2.24, 2.45) is 5.92 Å². The van der Waals surface area contributed by atoms with Crippen LogP contribution in [0.3, 0.4) is 0 Å². The van der Waals surface area contributed by atoms with Crippen molar-refractivity contribution in [3.63, 3.8) is 0 Å². The molecular weight excluding hydrogens is 270 g/mol. The van der Waals surface area contributed by atoms with Gasteiger partial charge in [0.15, 0.2) is 0 Å². The highest BCUT2D eigenvalue weighted by molar-refractivity contribution is 6.30. The minimum atomic E-state index is 0.0429. The molecule has 1 aromatic rings. The van der Waals surface area contributed by atoms with Crippen molar-refractivity contribution in [3.05, 3.63) is 28.8 Å². The van der Waals surface area contributed by atoms with E-state index in [0.717, 1.165) is 23.7 Å². The lowest BCUT2D eigenvalue weighted by Crippen LogP contribution is -2.46. The topological polar surface area (TPSA) is 12.5 Å². The molecular formula is C17H24ClNO. The fourth-order valence-corrected chi connectivity index (χ4v) is 4.03. The van der Waals surface area contributed by atoms with Gasteiger partial charge in [-0.05, 0) is 70.1 Å². The van der Waals surface area contributed by atoms with Gasteiger partial charge in [-0.25, -0.2) is 0 Å². The smallest absolute Gasteiger partial charge is 0.123 e. The Bertz CT molecular complexity index is 488. The lowest BCUT2D eigenvalue weighted by molar-refractivity contribution is -0.0111. The average Bonchev–Trinajstić information content (AvgIpc) is 2.75. The van der Waals surface area contributed by atoms with Crippen LogP contribution in [0.2, 0.25) is 5.02 Å². The molecule has 1 saturated carbocycles. The summed E-state index contributed by atoms with van der Waals surface area (Å²) in [5.41, 5.74) is 1.34. The third kappa shape index (κ3) is 2.68. The SMILES string of the molecule is CN(C)CC[C@H]1CCCC[C@]12Cc1cc(Cl)ccc1O2. The normalized spacial score (nSPS) is 28.7. The van der Waals surface area contributed by atoms with Crippen LogP contribution < -0.4 is 4.74 Å². The standard InChI is InChI=1S/C17H24ClNO/c1-19(2)10-8-14-5-3-4-9-17(14)12-13-11-15(18)6-7-16(13)20-17/h6-7,11,14H,3-5,8-10,12H2,1-2H3/t14-,17+/m1/s1. The lowest BCUT2D eigenvalue weighted by Gasteiger charge is -2.41. The van der Waals surface area contributed by atoms with Crippen LogP contribution in [-0.4, -0.2) is 31.1 Å². The lowest BCUT2D eigenvalue weighted by atomic mass is 9.71. The Balaban J connectivity index is 1.80. The van der Waals surface area contributed by atoms with Gasteiger partial charge in [-0.15, -0.1) is 0 Å². The van der Waals surface area contributed by atoms with Gasteiger partial charge in [-0.1, -0.05) is 18.0 Å². The van der Waals surface area contributed by atoms with Crippen molar-refractivity contribution >= 4 is 11.6 Å². The van der Waals surface area contributed by atoms with Gasteiger partial charge in [0.25, 0.3) is 0 Å². The van der Waals surface area contributed by atoms with Crippen molar-refractivity contribution in [2.45, 2.75) is 44.1 Å². The van der Waals surface area contributed by atoms with Crippen LogP contribution in [0.25, 0.3) is 0 Å². The van der Waals surface area contributed by atoms with Crippen LogP contribution in [-0.2, 0) is 6.42 Å². The number of nitrogens with zero attached hydrogens (tertiary/aromatic N) is 1. The fourth-order valence-electron chi connectivity index (χ4n) is 3.83. The highest BCUT2D eigenvalue weighted by Gasteiger charge is 2.46. The van der Waals surface area contributed by atoms with Crippen LogP contribution in [0.15, 0.2) is 18.2 Å². The van der Waals surface area contributed by atoms with Gasteiger partial charge in [0.05, 0.1) is 0 Å². The predicted molar refractivity (Wildman–Crippen MR) is 83.6 cm³/mol. The molecule has 0 radical (unpaired) electrons. The molecule has 0 aromatic heterocycles. The van der Waals surface area contributed by atoms with E-state index in [1.807, 2.05) is 12.1 Å². The summed E-state index contributed by atoms with van der Waals surface area (Å²) >= 11 is 6.13. The molecule has 0 bridgehead atoms.